The second kappa shape index (κ2) is 8.03. The Labute approximate surface area is 176 Å². The summed E-state index contributed by atoms with van der Waals surface area (Å²) in [7, 11) is 0. The molecule has 1 aliphatic rings. The molecule has 0 unspecified atom stereocenters. The number of pyridine rings is 2. The summed E-state index contributed by atoms with van der Waals surface area (Å²) in [5.74, 6) is 2.31. The van der Waals surface area contributed by atoms with Crippen molar-refractivity contribution in [3.05, 3.63) is 48.5 Å². The zero-order valence-electron chi connectivity index (χ0n) is 17.4. The van der Waals surface area contributed by atoms with Crippen LogP contribution in [-0.4, -0.2) is 32.6 Å². The number of benzene rings is 1. The Morgan fingerprint density at radius 1 is 1.13 bits per heavy atom. The molecule has 1 saturated heterocycles. The second-order valence-corrected chi connectivity index (χ2v) is 8.25. The number of nitrogens with one attached hydrogen (secondary N) is 1. The molecule has 0 radical (unpaired) electrons. The van der Waals surface area contributed by atoms with Crippen LogP contribution in [0.15, 0.2) is 42.7 Å². The molecule has 6 nitrogen and oxygen atoms in total. The van der Waals surface area contributed by atoms with Gasteiger partial charge in [-0.2, -0.15) is 0 Å². The molecular weight excluding hydrogens is 372 g/mol. The molecule has 0 spiro atoms. The van der Waals surface area contributed by atoms with E-state index in [0.717, 1.165) is 71.4 Å². The van der Waals surface area contributed by atoms with E-state index in [1.807, 2.05) is 12.3 Å². The molecule has 0 amide bonds. The lowest BCUT2D eigenvalue weighted by Gasteiger charge is -2.24. The van der Waals surface area contributed by atoms with Gasteiger partial charge in [-0.25, -0.2) is 9.97 Å². The van der Waals surface area contributed by atoms with E-state index in [1.165, 1.54) is 12.8 Å². The van der Waals surface area contributed by atoms with Crippen molar-refractivity contribution in [2.75, 3.05) is 18.8 Å². The van der Waals surface area contributed by atoms with E-state index in [0.29, 0.717) is 11.7 Å². The van der Waals surface area contributed by atoms with E-state index in [-0.39, 0.29) is 0 Å². The highest BCUT2D eigenvalue weighted by Crippen LogP contribution is 2.33. The van der Waals surface area contributed by atoms with E-state index in [1.54, 1.807) is 6.20 Å². The summed E-state index contributed by atoms with van der Waals surface area (Å²) in [5, 5.41) is 4.59. The Balaban J connectivity index is 1.68. The van der Waals surface area contributed by atoms with Gasteiger partial charge in [0.05, 0.1) is 11.0 Å². The number of piperidine rings is 1. The van der Waals surface area contributed by atoms with Gasteiger partial charge in [0, 0.05) is 36.3 Å². The van der Waals surface area contributed by atoms with Crippen LogP contribution in [0.1, 0.15) is 32.0 Å². The Hall–Kier alpha value is -2.99. The van der Waals surface area contributed by atoms with Crippen molar-refractivity contribution in [3.63, 3.8) is 0 Å². The van der Waals surface area contributed by atoms with Crippen LogP contribution in [0.5, 0.6) is 0 Å². The number of imidazole rings is 1. The molecule has 154 valence electrons. The average molecular weight is 401 g/mol. The number of aromatic nitrogens is 4. The molecule has 3 N–H and O–H groups in total. The highest BCUT2D eigenvalue weighted by molar-refractivity contribution is 6.07. The van der Waals surface area contributed by atoms with Crippen molar-refractivity contribution in [2.45, 2.75) is 39.2 Å². The molecule has 0 atom stereocenters. The molecule has 0 aliphatic carbocycles. The Morgan fingerprint density at radius 3 is 2.77 bits per heavy atom. The SMILES string of the molecule is CCCc1nc2c(N)nc3cc(-c4cccnc4)ccc3c2n1CC1CCNCC1. The minimum absolute atomic E-state index is 0.516. The lowest BCUT2D eigenvalue weighted by atomic mass is 9.98. The number of hydrogen-bond donors (Lipinski definition) is 2. The van der Waals surface area contributed by atoms with Crippen LogP contribution in [0, 0.1) is 5.92 Å². The quantitative estimate of drug-likeness (QED) is 0.525. The van der Waals surface area contributed by atoms with Gasteiger partial charge in [0.1, 0.15) is 11.3 Å². The summed E-state index contributed by atoms with van der Waals surface area (Å²) in [4.78, 5) is 13.9. The molecule has 4 heterocycles. The van der Waals surface area contributed by atoms with E-state index in [9.17, 15) is 0 Å². The Bertz CT molecular complexity index is 1170. The van der Waals surface area contributed by atoms with Crippen LogP contribution in [0.3, 0.4) is 0 Å². The first-order chi connectivity index (χ1) is 14.7. The van der Waals surface area contributed by atoms with Gasteiger partial charge in [0.2, 0.25) is 0 Å². The van der Waals surface area contributed by atoms with Gasteiger partial charge in [-0.3, -0.25) is 4.98 Å². The summed E-state index contributed by atoms with van der Waals surface area (Å²) in [6, 6.07) is 10.5. The fraction of sp³-hybridized carbons (Fsp3) is 0.375. The maximum Gasteiger partial charge on any atom is 0.152 e. The largest absolute Gasteiger partial charge is 0.382 e. The van der Waals surface area contributed by atoms with Crippen LogP contribution < -0.4 is 11.1 Å². The molecule has 4 aromatic rings. The van der Waals surface area contributed by atoms with E-state index in [4.69, 9.17) is 15.7 Å². The summed E-state index contributed by atoms with van der Waals surface area (Å²) in [5.41, 5.74) is 11.5. The molecule has 1 fully saturated rings. The van der Waals surface area contributed by atoms with Crippen molar-refractivity contribution < 1.29 is 0 Å². The monoisotopic (exact) mass is 400 g/mol. The zero-order chi connectivity index (χ0) is 20.5. The van der Waals surface area contributed by atoms with Gasteiger partial charge in [-0.1, -0.05) is 25.1 Å². The molecule has 6 heteroatoms. The maximum absolute atomic E-state index is 6.41. The van der Waals surface area contributed by atoms with Crippen molar-refractivity contribution in [1.29, 1.82) is 0 Å². The third-order valence-corrected chi connectivity index (χ3v) is 6.15. The normalized spacial score (nSPS) is 15.2. The molecule has 1 aliphatic heterocycles. The number of fused-ring (bicyclic) bond motifs is 3. The van der Waals surface area contributed by atoms with Gasteiger partial charge in [0.25, 0.3) is 0 Å². The number of anilines is 1. The number of hydrogen-bond acceptors (Lipinski definition) is 5. The maximum atomic E-state index is 6.41. The first kappa shape index (κ1) is 19.0. The van der Waals surface area contributed by atoms with Crippen molar-refractivity contribution in [2.24, 2.45) is 5.92 Å². The molecule has 1 aromatic carbocycles. The second-order valence-electron chi connectivity index (χ2n) is 8.25. The van der Waals surface area contributed by atoms with Crippen molar-refractivity contribution in [1.82, 2.24) is 24.8 Å². The van der Waals surface area contributed by atoms with E-state index in [2.05, 4.69) is 46.1 Å². The van der Waals surface area contributed by atoms with E-state index >= 15 is 0 Å². The average Bonchev–Trinajstić information content (AvgIpc) is 3.14. The highest BCUT2D eigenvalue weighted by atomic mass is 15.1. The molecule has 3 aromatic heterocycles. The summed E-state index contributed by atoms with van der Waals surface area (Å²) in [6.07, 6.45) is 8.09. The van der Waals surface area contributed by atoms with Crippen LogP contribution >= 0.6 is 0 Å². The number of aryl methyl sites for hydroxylation is 1. The van der Waals surface area contributed by atoms with Gasteiger partial charge in [-0.05, 0) is 56.0 Å². The Kier molecular flexibility index (Phi) is 5.09. The van der Waals surface area contributed by atoms with Crippen LogP contribution in [0.2, 0.25) is 0 Å². The number of nitrogens with zero attached hydrogens (tertiary/aromatic N) is 4. The fourth-order valence-electron chi connectivity index (χ4n) is 4.60. The van der Waals surface area contributed by atoms with Gasteiger partial charge >= 0.3 is 0 Å². The first-order valence-corrected chi connectivity index (χ1v) is 10.9. The minimum Gasteiger partial charge on any atom is -0.382 e. The van der Waals surface area contributed by atoms with Gasteiger partial charge in [-0.15, -0.1) is 0 Å². The summed E-state index contributed by atoms with van der Waals surface area (Å²) >= 11 is 0. The van der Waals surface area contributed by atoms with E-state index < -0.39 is 0 Å². The smallest absolute Gasteiger partial charge is 0.152 e. The highest BCUT2D eigenvalue weighted by Gasteiger charge is 2.21. The molecular formula is C24H28N6. The predicted molar refractivity (Wildman–Crippen MR) is 122 cm³/mol. The van der Waals surface area contributed by atoms with Crippen LogP contribution in [0.4, 0.5) is 5.82 Å². The summed E-state index contributed by atoms with van der Waals surface area (Å²) in [6.45, 7) is 5.39. The molecule has 0 saturated carbocycles. The summed E-state index contributed by atoms with van der Waals surface area (Å²) < 4.78 is 2.43. The molecule has 5 rings (SSSR count). The predicted octanol–water partition coefficient (Wildman–Crippen LogP) is 4.18. The number of rotatable bonds is 5. The lowest BCUT2D eigenvalue weighted by Crippen LogP contribution is -2.30. The fourth-order valence-corrected chi connectivity index (χ4v) is 4.60. The minimum atomic E-state index is 0.516. The van der Waals surface area contributed by atoms with Gasteiger partial charge < -0.3 is 15.6 Å². The lowest BCUT2D eigenvalue weighted by molar-refractivity contribution is 0.333. The number of nitrogen functional groups attached to an aromatic ring is 1. The van der Waals surface area contributed by atoms with Crippen molar-refractivity contribution in [3.8, 4) is 11.1 Å². The number of nitrogens with two attached hydrogens (primary N) is 1. The third kappa shape index (κ3) is 3.41. The zero-order valence-corrected chi connectivity index (χ0v) is 17.4. The van der Waals surface area contributed by atoms with Crippen LogP contribution in [0.25, 0.3) is 33.1 Å². The molecule has 0 bridgehead atoms. The van der Waals surface area contributed by atoms with Gasteiger partial charge in [0.15, 0.2) is 5.82 Å². The topological polar surface area (TPSA) is 81.7 Å². The standard InChI is InChI=1S/C24H28N6/c1-2-4-21-29-22-23(30(21)15-16-8-11-26-12-9-16)19-7-6-17(13-20(19)28-24(22)25)18-5-3-10-27-14-18/h3,5-7,10,13-14,16,26H,2,4,8-9,11-12,15H2,1H3,(H2,25,28). The first-order valence-electron chi connectivity index (χ1n) is 10.9. The molecule has 30 heavy (non-hydrogen) atoms. The van der Waals surface area contributed by atoms with Crippen LogP contribution in [-0.2, 0) is 13.0 Å². The Morgan fingerprint density at radius 2 is 2.00 bits per heavy atom. The third-order valence-electron chi connectivity index (χ3n) is 6.15. The van der Waals surface area contributed by atoms with Crippen molar-refractivity contribution >= 4 is 27.8 Å².